The molecule has 150 valence electrons. The van der Waals surface area contributed by atoms with E-state index in [1.807, 2.05) is 79.7 Å². The van der Waals surface area contributed by atoms with Gasteiger partial charge in [-0.15, -0.1) is 0 Å². The Balaban J connectivity index is 1.77. The van der Waals surface area contributed by atoms with Gasteiger partial charge in [0.05, 0.1) is 30.2 Å². The third-order valence-corrected chi connectivity index (χ3v) is 7.32. The van der Waals surface area contributed by atoms with Gasteiger partial charge in [0.2, 0.25) is 10.0 Å². The van der Waals surface area contributed by atoms with Gasteiger partial charge >= 0.3 is 0 Å². The largest absolute Gasteiger partial charge is 0.378 e. The smallest absolute Gasteiger partial charge is 0.244 e. The van der Waals surface area contributed by atoms with Crippen LogP contribution in [-0.2, 0) is 21.2 Å². The van der Waals surface area contributed by atoms with Crippen LogP contribution in [0.4, 0.5) is 0 Å². The van der Waals surface area contributed by atoms with Crippen molar-refractivity contribution in [2.45, 2.75) is 30.3 Å². The first-order chi connectivity index (χ1) is 14.1. The molecular formula is C24H25NO3S. The number of aryl methyl sites for hydroxylation is 1. The van der Waals surface area contributed by atoms with Gasteiger partial charge in [0, 0.05) is 0 Å². The second-order valence-electron chi connectivity index (χ2n) is 7.46. The third kappa shape index (κ3) is 4.27. The van der Waals surface area contributed by atoms with E-state index in [0.717, 1.165) is 16.7 Å². The van der Waals surface area contributed by atoms with Gasteiger partial charge in [0.15, 0.2) is 0 Å². The van der Waals surface area contributed by atoms with Crippen molar-refractivity contribution in [3.8, 4) is 0 Å². The molecule has 0 aromatic heterocycles. The van der Waals surface area contributed by atoms with E-state index < -0.39 is 10.0 Å². The molecule has 5 heteroatoms. The highest BCUT2D eigenvalue weighted by Gasteiger charge is 2.41. The molecular weight excluding hydrogens is 382 g/mol. The molecule has 0 spiro atoms. The zero-order chi connectivity index (χ0) is 20.3. The molecule has 29 heavy (non-hydrogen) atoms. The molecule has 3 aromatic rings. The van der Waals surface area contributed by atoms with Gasteiger partial charge in [-0.05, 0) is 36.6 Å². The second-order valence-corrected chi connectivity index (χ2v) is 9.30. The zero-order valence-electron chi connectivity index (χ0n) is 16.4. The van der Waals surface area contributed by atoms with Gasteiger partial charge in [-0.3, -0.25) is 0 Å². The Morgan fingerprint density at radius 3 is 2.14 bits per heavy atom. The molecule has 0 saturated carbocycles. The summed E-state index contributed by atoms with van der Waals surface area (Å²) in [6, 6.07) is 26.2. The monoisotopic (exact) mass is 407 g/mol. The molecule has 1 aliphatic heterocycles. The van der Waals surface area contributed by atoms with E-state index in [2.05, 4.69) is 0 Å². The molecule has 0 bridgehead atoms. The second kappa shape index (κ2) is 8.49. The van der Waals surface area contributed by atoms with Gasteiger partial charge < -0.3 is 4.74 Å². The molecule has 2 atom stereocenters. The van der Waals surface area contributed by atoms with E-state index in [1.54, 1.807) is 16.4 Å². The average molecular weight is 408 g/mol. The summed E-state index contributed by atoms with van der Waals surface area (Å²) in [6.07, 6.45) is 0.606. The quantitative estimate of drug-likeness (QED) is 0.631. The third-order valence-electron chi connectivity index (χ3n) is 5.35. The highest BCUT2D eigenvalue weighted by molar-refractivity contribution is 7.89. The molecule has 4 nitrogen and oxygen atoms in total. The van der Waals surface area contributed by atoms with Crippen molar-refractivity contribution in [3.05, 3.63) is 102 Å². The summed E-state index contributed by atoms with van der Waals surface area (Å²) in [6.45, 7) is 2.68. The van der Waals surface area contributed by atoms with Crippen molar-refractivity contribution in [1.82, 2.24) is 4.31 Å². The van der Waals surface area contributed by atoms with E-state index in [-0.39, 0.29) is 12.1 Å². The summed E-state index contributed by atoms with van der Waals surface area (Å²) in [7, 11) is -3.69. The van der Waals surface area contributed by atoms with Gasteiger partial charge in [0.25, 0.3) is 0 Å². The van der Waals surface area contributed by atoms with Crippen molar-refractivity contribution in [2.24, 2.45) is 0 Å². The molecule has 1 heterocycles. The lowest BCUT2D eigenvalue weighted by molar-refractivity contribution is -0.00676. The van der Waals surface area contributed by atoms with Crippen LogP contribution in [0.3, 0.4) is 0 Å². The van der Waals surface area contributed by atoms with Crippen molar-refractivity contribution in [1.29, 1.82) is 0 Å². The highest BCUT2D eigenvalue weighted by atomic mass is 32.2. The number of rotatable bonds is 5. The SMILES string of the molecule is Cc1ccc(S(=O)(=O)N2[C@@H](Cc3ccccc3)COC[C@H]2c2ccccc2)cc1. The van der Waals surface area contributed by atoms with Gasteiger partial charge in [-0.25, -0.2) is 8.42 Å². The Morgan fingerprint density at radius 2 is 1.48 bits per heavy atom. The lowest BCUT2D eigenvalue weighted by Crippen LogP contribution is -2.51. The maximum absolute atomic E-state index is 13.8. The van der Waals surface area contributed by atoms with Crippen molar-refractivity contribution in [2.75, 3.05) is 13.2 Å². The lowest BCUT2D eigenvalue weighted by Gasteiger charge is -2.41. The zero-order valence-corrected chi connectivity index (χ0v) is 17.3. The first-order valence-electron chi connectivity index (χ1n) is 9.82. The number of morpholine rings is 1. The van der Waals surface area contributed by atoms with Crippen LogP contribution in [0.25, 0.3) is 0 Å². The normalized spacial score (nSPS) is 20.4. The molecule has 0 aliphatic carbocycles. The minimum atomic E-state index is -3.69. The van der Waals surface area contributed by atoms with Crippen molar-refractivity contribution < 1.29 is 13.2 Å². The van der Waals surface area contributed by atoms with Crippen LogP contribution in [0.1, 0.15) is 22.7 Å². The van der Waals surface area contributed by atoms with Crippen LogP contribution < -0.4 is 0 Å². The first-order valence-corrected chi connectivity index (χ1v) is 11.3. The number of nitrogens with zero attached hydrogens (tertiary/aromatic N) is 1. The number of sulfonamides is 1. The van der Waals surface area contributed by atoms with E-state index >= 15 is 0 Å². The fourth-order valence-electron chi connectivity index (χ4n) is 3.87. The maximum atomic E-state index is 13.8. The Hall–Kier alpha value is -2.47. The van der Waals surface area contributed by atoms with Crippen LogP contribution >= 0.6 is 0 Å². The number of ether oxygens (including phenoxy) is 1. The predicted molar refractivity (Wildman–Crippen MR) is 114 cm³/mol. The van der Waals surface area contributed by atoms with E-state index in [0.29, 0.717) is 24.5 Å². The Morgan fingerprint density at radius 1 is 0.862 bits per heavy atom. The van der Waals surface area contributed by atoms with Crippen LogP contribution in [0.2, 0.25) is 0 Å². The summed E-state index contributed by atoms with van der Waals surface area (Å²) < 4.78 is 35.1. The van der Waals surface area contributed by atoms with Gasteiger partial charge in [-0.1, -0.05) is 78.4 Å². The fourth-order valence-corrected chi connectivity index (χ4v) is 5.64. The summed E-state index contributed by atoms with van der Waals surface area (Å²) in [5, 5.41) is 0. The summed E-state index contributed by atoms with van der Waals surface area (Å²) >= 11 is 0. The Labute approximate surface area is 172 Å². The molecule has 0 N–H and O–H groups in total. The van der Waals surface area contributed by atoms with E-state index in [4.69, 9.17) is 4.74 Å². The minimum Gasteiger partial charge on any atom is -0.378 e. The highest BCUT2D eigenvalue weighted by Crippen LogP contribution is 2.34. The molecule has 1 fully saturated rings. The molecule has 3 aromatic carbocycles. The standard InChI is InChI=1S/C24H25NO3S/c1-19-12-14-23(15-13-19)29(26,27)25-22(16-20-8-4-2-5-9-20)17-28-18-24(25)21-10-6-3-7-11-21/h2-15,22,24H,16-18H2,1H3/t22-,24-/m0/s1. The summed E-state index contributed by atoms with van der Waals surface area (Å²) in [5.41, 5.74) is 3.08. The van der Waals surface area contributed by atoms with Crippen LogP contribution in [0.5, 0.6) is 0 Å². The molecule has 0 radical (unpaired) electrons. The number of hydrogen-bond donors (Lipinski definition) is 0. The van der Waals surface area contributed by atoms with Crippen molar-refractivity contribution in [3.63, 3.8) is 0 Å². The van der Waals surface area contributed by atoms with Gasteiger partial charge in [-0.2, -0.15) is 4.31 Å². The maximum Gasteiger partial charge on any atom is 0.244 e. The van der Waals surface area contributed by atoms with Crippen LogP contribution in [0.15, 0.2) is 89.8 Å². The van der Waals surface area contributed by atoms with E-state index in [9.17, 15) is 8.42 Å². The Kier molecular flexibility index (Phi) is 5.81. The fraction of sp³-hybridized carbons (Fsp3) is 0.250. The van der Waals surface area contributed by atoms with Gasteiger partial charge in [0.1, 0.15) is 0 Å². The molecule has 1 aliphatic rings. The van der Waals surface area contributed by atoms with Crippen LogP contribution in [-0.4, -0.2) is 32.0 Å². The Bertz CT molecular complexity index is 1030. The molecule has 4 rings (SSSR count). The molecule has 0 unspecified atom stereocenters. The lowest BCUT2D eigenvalue weighted by atomic mass is 10.0. The van der Waals surface area contributed by atoms with Crippen LogP contribution in [0, 0.1) is 6.92 Å². The first kappa shape index (κ1) is 19.8. The summed E-state index contributed by atoms with van der Waals surface area (Å²) in [5.74, 6) is 0. The predicted octanol–water partition coefficient (Wildman–Crippen LogP) is 4.37. The molecule has 1 saturated heterocycles. The van der Waals surface area contributed by atoms with E-state index in [1.165, 1.54) is 0 Å². The minimum absolute atomic E-state index is 0.275. The van der Waals surface area contributed by atoms with Crippen molar-refractivity contribution >= 4 is 10.0 Å². The average Bonchev–Trinajstić information content (AvgIpc) is 2.75. The molecule has 0 amide bonds. The number of benzene rings is 3. The summed E-state index contributed by atoms with van der Waals surface area (Å²) in [4.78, 5) is 0.323. The number of hydrogen-bond acceptors (Lipinski definition) is 3. The topological polar surface area (TPSA) is 46.6 Å².